The lowest BCUT2D eigenvalue weighted by Crippen LogP contribution is -2.38. The Kier molecular flexibility index (Phi) is 4.89. The zero-order valence-electron chi connectivity index (χ0n) is 17.9. The van der Waals surface area contributed by atoms with Crippen LogP contribution < -0.4 is 21.5 Å². The molecule has 5 heterocycles. The average molecular weight is 481 g/mol. The Bertz CT molecular complexity index is 1450. The highest BCUT2D eigenvalue weighted by Crippen LogP contribution is 2.36. The number of carbonyl (C=O) groups excluding carboxylic acids is 1. The lowest BCUT2D eigenvalue weighted by atomic mass is 10.2. The molecule has 15 heteroatoms. The molecule has 0 amide bonds. The number of aromatic nitrogens is 5. The van der Waals surface area contributed by atoms with Gasteiger partial charge < -0.3 is 19.4 Å². The first-order valence-corrected chi connectivity index (χ1v) is 10.1. The minimum atomic E-state index is -5.32. The van der Waals surface area contributed by atoms with Gasteiger partial charge in [-0.2, -0.15) is 18.2 Å². The number of ether oxygens (including phenoxy) is 1. The van der Waals surface area contributed by atoms with Crippen molar-refractivity contribution in [2.75, 3.05) is 24.5 Å². The van der Waals surface area contributed by atoms with Gasteiger partial charge in [0, 0.05) is 39.4 Å². The summed E-state index contributed by atoms with van der Waals surface area (Å²) in [6.45, 7) is 1.54. The van der Waals surface area contributed by atoms with Gasteiger partial charge in [0.25, 0.3) is 17.7 Å². The molecule has 0 radical (unpaired) electrons. The molecule has 2 aliphatic heterocycles. The summed E-state index contributed by atoms with van der Waals surface area (Å²) >= 11 is 0. The van der Waals surface area contributed by atoms with E-state index in [0.717, 1.165) is 37.4 Å². The fourth-order valence-electron chi connectivity index (χ4n) is 4.23. The molecule has 0 aromatic carbocycles. The molecule has 0 saturated heterocycles. The number of carbonyl (C=O) groups is 1. The van der Waals surface area contributed by atoms with E-state index in [2.05, 4.69) is 15.3 Å². The van der Waals surface area contributed by atoms with Crippen molar-refractivity contribution in [1.29, 1.82) is 0 Å². The number of imidazole rings is 1. The number of halogens is 3. The molecule has 0 spiro atoms. The van der Waals surface area contributed by atoms with E-state index in [1.165, 1.54) is 14.1 Å². The van der Waals surface area contributed by atoms with Gasteiger partial charge in [-0.3, -0.25) is 18.5 Å². The Balaban J connectivity index is 1.82. The number of alkyl halides is 3. The molecule has 3 aromatic heterocycles. The number of nitrogens with zero attached hydrogens (tertiary/aromatic N) is 6. The second kappa shape index (κ2) is 7.58. The molecule has 0 bridgehead atoms. The summed E-state index contributed by atoms with van der Waals surface area (Å²) in [5.74, 6) is -2.90. The van der Waals surface area contributed by atoms with Crippen LogP contribution in [0.5, 0.6) is 0 Å². The highest BCUT2D eigenvalue weighted by atomic mass is 19.4. The van der Waals surface area contributed by atoms with Gasteiger partial charge in [0.05, 0.1) is 6.20 Å². The lowest BCUT2D eigenvalue weighted by Gasteiger charge is -2.25. The summed E-state index contributed by atoms with van der Waals surface area (Å²) in [5.41, 5.74) is 0.0551. The summed E-state index contributed by atoms with van der Waals surface area (Å²) in [5, 5.41) is 3.19. The van der Waals surface area contributed by atoms with E-state index < -0.39 is 35.5 Å². The van der Waals surface area contributed by atoms with Gasteiger partial charge in [-0.05, 0) is 12.0 Å². The summed E-state index contributed by atoms with van der Waals surface area (Å²) in [7, 11) is 2.60. The molecular formula is C19H18F3N7O5. The average Bonchev–Trinajstić information content (AvgIpc) is 3.56. The van der Waals surface area contributed by atoms with E-state index in [1.54, 1.807) is 4.90 Å². The fraction of sp³-hybridized carbons (Fsp3) is 0.421. The van der Waals surface area contributed by atoms with Gasteiger partial charge in [-0.25, -0.2) is 14.6 Å². The molecule has 1 atom stereocenters. The van der Waals surface area contributed by atoms with Crippen LogP contribution in [0.1, 0.15) is 18.5 Å². The van der Waals surface area contributed by atoms with Gasteiger partial charge in [0.1, 0.15) is 6.26 Å². The largest absolute Gasteiger partial charge is 0.491 e. The normalized spacial score (nSPS) is 17.0. The predicted octanol–water partition coefficient (Wildman–Crippen LogP) is 0.141. The predicted molar refractivity (Wildman–Crippen MR) is 109 cm³/mol. The van der Waals surface area contributed by atoms with E-state index in [1.807, 2.05) is 0 Å². The maximum absolute atomic E-state index is 13.2. The van der Waals surface area contributed by atoms with Crippen LogP contribution in [-0.4, -0.2) is 55.4 Å². The van der Waals surface area contributed by atoms with E-state index in [4.69, 9.17) is 9.15 Å². The standard InChI is InChI=1S/C19H18F3N7O5/c1-26-12-11(14(30)27(2)18(26)32)29(17(25-12)28-5-3-9-7-23-8-10(9)28)15(13-24-4-6-33-13)34-16(31)19(20,21)22/h4,6,15,23H,3,5,7-8H2,1-2H3. The number of aryl methyl sites for hydroxylation is 1. The third kappa shape index (κ3) is 3.22. The molecule has 34 heavy (non-hydrogen) atoms. The Hall–Kier alpha value is -3.88. The maximum Gasteiger partial charge on any atom is 0.491 e. The van der Waals surface area contributed by atoms with Crippen LogP contribution in [0.4, 0.5) is 19.1 Å². The monoisotopic (exact) mass is 481 g/mol. The third-order valence-electron chi connectivity index (χ3n) is 5.86. The Labute approximate surface area is 187 Å². The van der Waals surface area contributed by atoms with E-state index in [0.29, 0.717) is 26.1 Å². The van der Waals surface area contributed by atoms with Gasteiger partial charge in [0.2, 0.25) is 5.95 Å². The number of hydrogen-bond donors (Lipinski definition) is 1. The summed E-state index contributed by atoms with van der Waals surface area (Å²) in [6, 6.07) is 0. The summed E-state index contributed by atoms with van der Waals surface area (Å²) in [6.07, 6.45) is -4.33. The first-order valence-electron chi connectivity index (χ1n) is 10.1. The van der Waals surface area contributed by atoms with E-state index in [-0.39, 0.29) is 17.1 Å². The van der Waals surface area contributed by atoms with Crippen LogP contribution in [0.2, 0.25) is 0 Å². The van der Waals surface area contributed by atoms with E-state index in [9.17, 15) is 27.6 Å². The fourth-order valence-corrected chi connectivity index (χ4v) is 4.23. The van der Waals surface area contributed by atoms with Crippen LogP contribution in [-0.2, 0) is 23.6 Å². The van der Waals surface area contributed by atoms with Crippen LogP contribution in [0.25, 0.3) is 11.2 Å². The van der Waals surface area contributed by atoms with Crippen molar-refractivity contribution in [3.63, 3.8) is 0 Å². The zero-order chi connectivity index (χ0) is 24.4. The molecule has 1 N–H and O–H groups in total. The number of rotatable bonds is 4. The number of esters is 1. The van der Waals surface area contributed by atoms with Gasteiger partial charge >= 0.3 is 17.8 Å². The lowest BCUT2D eigenvalue weighted by molar-refractivity contribution is -0.207. The Morgan fingerprint density at radius 2 is 2.00 bits per heavy atom. The highest BCUT2D eigenvalue weighted by molar-refractivity contribution is 5.78. The van der Waals surface area contributed by atoms with Crippen LogP contribution in [0.3, 0.4) is 0 Å². The molecule has 1 unspecified atom stereocenters. The topological polar surface area (TPSA) is 129 Å². The summed E-state index contributed by atoms with van der Waals surface area (Å²) < 4.78 is 52.4. The molecule has 12 nitrogen and oxygen atoms in total. The van der Waals surface area contributed by atoms with Crippen molar-refractivity contribution in [3.8, 4) is 0 Å². The van der Waals surface area contributed by atoms with Crippen molar-refractivity contribution in [3.05, 3.63) is 50.5 Å². The zero-order valence-corrected chi connectivity index (χ0v) is 17.9. The van der Waals surface area contributed by atoms with Crippen molar-refractivity contribution in [2.24, 2.45) is 14.1 Å². The van der Waals surface area contributed by atoms with Crippen molar-refractivity contribution in [1.82, 2.24) is 29.0 Å². The molecule has 0 aliphatic carbocycles. The Morgan fingerprint density at radius 3 is 2.68 bits per heavy atom. The maximum atomic E-state index is 13.2. The van der Waals surface area contributed by atoms with E-state index >= 15 is 0 Å². The number of hydrogen-bond acceptors (Lipinski definition) is 9. The second-order valence-corrected chi connectivity index (χ2v) is 7.84. The SMILES string of the molecule is Cn1c(=O)c2c(nc(N3CCC4=C3CNC4)n2C(OC(=O)C(F)(F)F)c2ncco2)n(C)c1=O. The number of fused-ring (bicyclic) bond motifs is 1. The number of nitrogens with one attached hydrogen (secondary N) is 1. The molecular weight excluding hydrogens is 463 g/mol. The van der Waals surface area contributed by atoms with Crippen LogP contribution in [0, 0.1) is 0 Å². The number of anilines is 1. The number of oxazole rings is 1. The van der Waals surface area contributed by atoms with Gasteiger partial charge in [-0.1, -0.05) is 0 Å². The quantitative estimate of drug-likeness (QED) is 0.518. The Morgan fingerprint density at radius 1 is 1.24 bits per heavy atom. The minimum Gasteiger partial charge on any atom is -0.444 e. The van der Waals surface area contributed by atoms with Gasteiger partial charge in [-0.15, -0.1) is 0 Å². The molecule has 3 aromatic rings. The first kappa shape index (κ1) is 21.9. The third-order valence-corrected chi connectivity index (χ3v) is 5.86. The first-order chi connectivity index (χ1) is 16.1. The molecule has 5 rings (SSSR count). The minimum absolute atomic E-state index is 0.0141. The molecule has 2 aliphatic rings. The molecule has 0 saturated carbocycles. The van der Waals surface area contributed by atoms with Crippen LogP contribution >= 0.6 is 0 Å². The van der Waals surface area contributed by atoms with Crippen molar-refractivity contribution in [2.45, 2.75) is 18.8 Å². The highest BCUT2D eigenvalue weighted by Gasteiger charge is 2.45. The van der Waals surface area contributed by atoms with Crippen LogP contribution in [0.15, 0.2) is 37.7 Å². The molecule has 180 valence electrons. The van der Waals surface area contributed by atoms with Crippen molar-refractivity contribution >= 4 is 23.1 Å². The second-order valence-electron chi connectivity index (χ2n) is 7.84. The molecule has 0 fully saturated rings. The smallest absolute Gasteiger partial charge is 0.444 e. The summed E-state index contributed by atoms with van der Waals surface area (Å²) in [4.78, 5) is 47.6. The van der Waals surface area contributed by atoms with Crippen molar-refractivity contribution < 1.29 is 27.1 Å². The van der Waals surface area contributed by atoms with Gasteiger partial charge in [0.15, 0.2) is 11.2 Å².